The van der Waals surface area contributed by atoms with Crippen LogP contribution in [0.2, 0.25) is 20.1 Å². The summed E-state index contributed by atoms with van der Waals surface area (Å²) in [5.74, 6) is 0.0788. The van der Waals surface area contributed by atoms with Crippen molar-refractivity contribution in [2.24, 2.45) is 0 Å². The molecule has 0 saturated heterocycles. The van der Waals surface area contributed by atoms with E-state index in [2.05, 4.69) is 31.9 Å². The highest BCUT2D eigenvalue weighted by molar-refractivity contribution is 9.10. The van der Waals surface area contributed by atoms with Crippen molar-refractivity contribution in [1.82, 2.24) is 9.80 Å². The highest BCUT2D eigenvalue weighted by atomic mass is 79.9. The molecule has 1 N–H and O–H groups in total. The Morgan fingerprint density at radius 2 is 1.16 bits per heavy atom. The van der Waals surface area contributed by atoms with Crippen molar-refractivity contribution >= 4 is 84.0 Å². The highest BCUT2D eigenvalue weighted by Gasteiger charge is 2.13. The quantitative estimate of drug-likeness (QED) is 0.163. The fourth-order valence-corrected chi connectivity index (χ4v) is 5.52. The number of carbonyl (C=O) groups excluding carboxylic acids is 1. The molecule has 0 bridgehead atoms. The number of likely N-dealkylation sites (N-methyl/N-ethyl adjacent to an activating group) is 2. The number of aliphatic hydroxyl groups is 1. The lowest BCUT2D eigenvalue weighted by Crippen LogP contribution is -2.25. The molecule has 230 valence electrons. The van der Waals surface area contributed by atoms with E-state index in [1.54, 1.807) is 18.2 Å². The van der Waals surface area contributed by atoms with Gasteiger partial charge in [0.05, 0.1) is 12.6 Å². The van der Waals surface area contributed by atoms with Crippen LogP contribution in [0.1, 0.15) is 40.6 Å². The number of nitrogens with zero attached hydrogens (tertiary/aromatic N) is 2. The molecule has 4 nitrogen and oxygen atoms in total. The Morgan fingerprint density at radius 3 is 1.63 bits per heavy atom. The molecule has 4 aromatic rings. The van der Waals surface area contributed by atoms with E-state index in [1.807, 2.05) is 90.6 Å². The number of hydrogen-bond donors (Lipinski definition) is 1. The third-order valence-corrected chi connectivity index (χ3v) is 8.46. The van der Waals surface area contributed by atoms with Gasteiger partial charge in [0, 0.05) is 54.2 Å². The van der Waals surface area contributed by atoms with Crippen molar-refractivity contribution in [1.29, 1.82) is 0 Å². The minimum atomic E-state index is -0.533. The summed E-state index contributed by atoms with van der Waals surface area (Å²) in [5, 5.41) is 12.8. The lowest BCUT2D eigenvalue weighted by Gasteiger charge is -2.21. The normalized spacial score (nSPS) is 11.5. The van der Waals surface area contributed by atoms with Crippen molar-refractivity contribution in [3.05, 3.63) is 136 Å². The fourth-order valence-electron chi connectivity index (χ4n) is 4.06. The first-order valence-electron chi connectivity index (χ1n) is 12.9. The zero-order valence-corrected chi connectivity index (χ0v) is 29.2. The lowest BCUT2D eigenvalue weighted by atomic mass is 10.1. The molecule has 10 heteroatoms. The number of halogens is 6. The molecular weight excluding hydrogens is 758 g/mol. The van der Waals surface area contributed by atoms with Crippen LogP contribution in [0.5, 0.6) is 0 Å². The summed E-state index contributed by atoms with van der Waals surface area (Å²) >= 11 is 30.8. The van der Waals surface area contributed by atoms with Gasteiger partial charge in [-0.3, -0.25) is 14.6 Å². The van der Waals surface area contributed by atoms with Gasteiger partial charge in [-0.15, -0.1) is 0 Å². The first-order chi connectivity index (χ1) is 19.9. The Bertz CT molecular complexity index is 1470. The van der Waals surface area contributed by atoms with Crippen LogP contribution in [0, 0.1) is 0 Å². The molecule has 0 saturated carbocycles. The standard InChI is InChI=1S/C16H16BrCl2NO.C16H14BrCl2NO.CH4/c2*1-20(9-12-4-7-14(18)8-15(12)19)10-16(21)11-2-5-13(17)6-3-11;/h2-8,16,21H,9-10H2,1H3;2-8H,9-10H2,1H3;1H4. The van der Waals surface area contributed by atoms with E-state index in [4.69, 9.17) is 46.4 Å². The summed E-state index contributed by atoms with van der Waals surface area (Å²) in [4.78, 5) is 16.1. The van der Waals surface area contributed by atoms with Crippen molar-refractivity contribution < 1.29 is 9.90 Å². The van der Waals surface area contributed by atoms with Gasteiger partial charge in [-0.1, -0.05) is 122 Å². The van der Waals surface area contributed by atoms with Gasteiger partial charge in [0.1, 0.15) is 0 Å². The predicted molar refractivity (Wildman–Crippen MR) is 190 cm³/mol. The number of aliphatic hydroxyl groups excluding tert-OH is 1. The molecule has 43 heavy (non-hydrogen) atoms. The molecule has 0 amide bonds. The van der Waals surface area contributed by atoms with Crippen LogP contribution < -0.4 is 0 Å². The molecule has 1 atom stereocenters. The second kappa shape index (κ2) is 18.5. The number of rotatable bonds is 10. The van der Waals surface area contributed by atoms with E-state index in [0.717, 1.165) is 25.6 Å². The second-order valence-electron chi connectivity index (χ2n) is 9.84. The average molecular weight is 792 g/mol. The van der Waals surface area contributed by atoms with Crippen LogP contribution in [0.25, 0.3) is 0 Å². The fraction of sp³-hybridized carbons (Fsp3) is 0.242. The molecule has 0 fully saturated rings. The van der Waals surface area contributed by atoms with Crippen molar-refractivity contribution in [3.63, 3.8) is 0 Å². The number of Topliss-reactive ketones (excluding diaryl/α,β-unsaturated/α-hetero) is 1. The van der Waals surface area contributed by atoms with Gasteiger partial charge in [0.2, 0.25) is 0 Å². The molecule has 0 aromatic heterocycles. The molecule has 0 radical (unpaired) electrons. The van der Waals surface area contributed by atoms with Gasteiger partial charge < -0.3 is 5.11 Å². The van der Waals surface area contributed by atoms with Crippen LogP contribution >= 0.6 is 78.3 Å². The number of benzene rings is 4. The van der Waals surface area contributed by atoms with Crippen LogP contribution in [-0.4, -0.2) is 47.9 Å². The van der Waals surface area contributed by atoms with Gasteiger partial charge in [-0.2, -0.15) is 0 Å². The molecule has 1 unspecified atom stereocenters. The Balaban J connectivity index is 0.000000293. The van der Waals surface area contributed by atoms with Gasteiger partial charge in [0.25, 0.3) is 0 Å². The van der Waals surface area contributed by atoms with Gasteiger partial charge >= 0.3 is 0 Å². The molecule has 0 aliphatic heterocycles. The Hall–Kier alpha value is -1.45. The van der Waals surface area contributed by atoms with E-state index in [-0.39, 0.29) is 13.2 Å². The summed E-state index contributed by atoms with van der Waals surface area (Å²) in [6.07, 6.45) is -0.533. The predicted octanol–water partition coefficient (Wildman–Crippen LogP) is 10.6. The molecule has 4 rings (SSSR count). The van der Waals surface area contributed by atoms with E-state index < -0.39 is 6.10 Å². The maximum atomic E-state index is 12.2. The van der Waals surface area contributed by atoms with Crippen molar-refractivity contribution in [3.8, 4) is 0 Å². The number of hydrogen-bond acceptors (Lipinski definition) is 4. The minimum absolute atomic E-state index is 0. The maximum Gasteiger partial charge on any atom is 0.176 e. The molecule has 0 heterocycles. The van der Waals surface area contributed by atoms with Crippen LogP contribution in [0.3, 0.4) is 0 Å². The summed E-state index contributed by atoms with van der Waals surface area (Å²) in [7, 11) is 3.84. The minimum Gasteiger partial charge on any atom is -0.387 e. The Morgan fingerprint density at radius 1 is 0.721 bits per heavy atom. The Kier molecular flexibility index (Phi) is 16.2. The van der Waals surface area contributed by atoms with E-state index in [9.17, 15) is 9.90 Å². The molecule has 0 aliphatic rings. The van der Waals surface area contributed by atoms with Crippen molar-refractivity contribution in [2.45, 2.75) is 26.6 Å². The largest absolute Gasteiger partial charge is 0.387 e. The maximum absolute atomic E-state index is 12.2. The molecule has 4 aromatic carbocycles. The van der Waals surface area contributed by atoms with Gasteiger partial charge in [0.15, 0.2) is 5.78 Å². The van der Waals surface area contributed by atoms with Crippen LogP contribution in [0.15, 0.2) is 93.9 Å². The van der Waals surface area contributed by atoms with Crippen molar-refractivity contribution in [2.75, 3.05) is 27.2 Å². The van der Waals surface area contributed by atoms with E-state index in [1.165, 1.54) is 0 Å². The zero-order chi connectivity index (χ0) is 30.8. The molecule has 0 spiro atoms. The summed E-state index contributed by atoms with van der Waals surface area (Å²) in [6, 6.07) is 25.9. The van der Waals surface area contributed by atoms with Gasteiger partial charge in [-0.25, -0.2) is 0 Å². The molecular formula is C33H34Br2Cl4N2O2. The molecule has 0 aliphatic carbocycles. The third-order valence-electron chi connectivity index (χ3n) is 6.23. The SMILES string of the molecule is C.CN(CC(=O)c1ccc(Br)cc1)Cc1ccc(Cl)cc1Cl.CN(Cc1ccc(Cl)cc1Cl)CC(O)c1ccc(Br)cc1. The topological polar surface area (TPSA) is 43.8 Å². The summed E-state index contributed by atoms with van der Waals surface area (Å²) in [5.41, 5.74) is 3.54. The zero-order valence-electron chi connectivity index (χ0n) is 23.0. The number of carbonyl (C=O) groups is 1. The van der Waals surface area contributed by atoms with E-state index >= 15 is 0 Å². The summed E-state index contributed by atoms with van der Waals surface area (Å²) < 4.78 is 1.96. The van der Waals surface area contributed by atoms with Crippen LogP contribution in [-0.2, 0) is 13.1 Å². The lowest BCUT2D eigenvalue weighted by molar-refractivity contribution is 0.0943. The highest BCUT2D eigenvalue weighted by Crippen LogP contribution is 2.24. The number of ketones is 1. The first kappa shape index (κ1) is 37.7. The van der Waals surface area contributed by atoms with E-state index in [0.29, 0.717) is 51.8 Å². The monoisotopic (exact) mass is 788 g/mol. The second-order valence-corrected chi connectivity index (χ2v) is 13.4. The first-order valence-corrected chi connectivity index (χ1v) is 16.0. The van der Waals surface area contributed by atoms with Crippen LogP contribution in [0.4, 0.5) is 0 Å². The summed E-state index contributed by atoms with van der Waals surface area (Å²) in [6.45, 7) is 2.11. The van der Waals surface area contributed by atoms with Gasteiger partial charge in [-0.05, 0) is 79.3 Å². The smallest absolute Gasteiger partial charge is 0.176 e. The third kappa shape index (κ3) is 12.8. The Labute approximate surface area is 291 Å². The average Bonchev–Trinajstić information content (AvgIpc) is 2.93.